The molecule has 0 spiro atoms. The largest absolute Gasteiger partial charge is 0.497 e. The molecule has 21 heavy (non-hydrogen) atoms. The van der Waals surface area contributed by atoms with Gasteiger partial charge in [-0.3, -0.25) is 4.79 Å². The molecule has 1 atom stereocenters. The number of rotatable bonds is 6. The maximum atomic E-state index is 11.8. The molecule has 1 saturated heterocycles. The monoisotopic (exact) mass is 312 g/mol. The average Bonchev–Trinajstić information content (AvgIpc) is 2.78. The summed E-state index contributed by atoms with van der Waals surface area (Å²) in [6.07, 6.45) is 0.811. The SMILES string of the molecule is COc1cccc(NCCC(=O)NC2CCS(=O)(=O)C2)c1. The van der Waals surface area contributed by atoms with Gasteiger partial charge in [0.15, 0.2) is 9.84 Å². The lowest BCUT2D eigenvalue weighted by Crippen LogP contribution is -2.36. The third-order valence-corrected chi connectivity index (χ3v) is 5.12. The summed E-state index contributed by atoms with van der Waals surface area (Å²) in [4.78, 5) is 11.8. The van der Waals surface area contributed by atoms with Crippen LogP contribution in [0.3, 0.4) is 0 Å². The molecule has 1 aromatic carbocycles. The molecule has 116 valence electrons. The number of nitrogens with one attached hydrogen (secondary N) is 2. The third kappa shape index (κ3) is 4.93. The quantitative estimate of drug-likeness (QED) is 0.812. The van der Waals surface area contributed by atoms with Crippen LogP contribution in [-0.4, -0.2) is 45.5 Å². The molecule has 0 aromatic heterocycles. The Morgan fingerprint density at radius 3 is 2.90 bits per heavy atom. The van der Waals surface area contributed by atoms with Crippen LogP contribution in [0, 0.1) is 0 Å². The second-order valence-electron chi connectivity index (χ2n) is 5.08. The van der Waals surface area contributed by atoms with Crippen LogP contribution in [0.4, 0.5) is 5.69 Å². The van der Waals surface area contributed by atoms with E-state index in [0.29, 0.717) is 19.4 Å². The highest BCUT2D eigenvalue weighted by atomic mass is 32.2. The van der Waals surface area contributed by atoms with Gasteiger partial charge < -0.3 is 15.4 Å². The Balaban J connectivity index is 1.72. The van der Waals surface area contributed by atoms with E-state index in [0.717, 1.165) is 11.4 Å². The first-order chi connectivity index (χ1) is 9.98. The summed E-state index contributed by atoms with van der Waals surface area (Å²) in [5, 5.41) is 5.89. The van der Waals surface area contributed by atoms with Gasteiger partial charge >= 0.3 is 0 Å². The molecule has 2 N–H and O–H groups in total. The number of carbonyl (C=O) groups excluding carboxylic acids is 1. The Kier molecular flexibility index (Phi) is 5.06. The van der Waals surface area contributed by atoms with E-state index in [1.807, 2.05) is 24.3 Å². The first kappa shape index (κ1) is 15.6. The zero-order valence-electron chi connectivity index (χ0n) is 12.0. The molecule has 1 aromatic rings. The molecule has 1 heterocycles. The van der Waals surface area contributed by atoms with Crippen LogP contribution in [0.5, 0.6) is 5.75 Å². The van der Waals surface area contributed by atoms with E-state index < -0.39 is 9.84 Å². The van der Waals surface area contributed by atoms with Gasteiger partial charge in [-0.2, -0.15) is 0 Å². The van der Waals surface area contributed by atoms with Crippen molar-refractivity contribution in [3.8, 4) is 5.75 Å². The maximum Gasteiger partial charge on any atom is 0.222 e. The Labute approximate surface area is 124 Å². The van der Waals surface area contributed by atoms with Crippen molar-refractivity contribution in [1.29, 1.82) is 0 Å². The maximum absolute atomic E-state index is 11.8. The highest BCUT2D eigenvalue weighted by Crippen LogP contribution is 2.16. The molecule has 0 radical (unpaired) electrons. The number of ether oxygens (including phenoxy) is 1. The van der Waals surface area contributed by atoms with Crippen LogP contribution in [0.2, 0.25) is 0 Å². The average molecular weight is 312 g/mol. The number of methoxy groups -OCH3 is 1. The molecule has 0 bridgehead atoms. The normalized spacial score (nSPS) is 20.0. The minimum absolute atomic E-state index is 0.0576. The van der Waals surface area contributed by atoms with Crippen LogP contribution in [-0.2, 0) is 14.6 Å². The second-order valence-corrected chi connectivity index (χ2v) is 7.30. The summed E-state index contributed by atoms with van der Waals surface area (Å²) in [5.74, 6) is 0.843. The zero-order chi connectivity index (χ0) is 15.3. The lowest BCUT2D eigenvalue weighted by Gasteiger charge is -2.11. The van der Waals surface area contributed by atoms with Gasteiger partial charge in [-0.1, -0.05) is 6.07 Å². The van der Waals surface area contributed by atoms with Crippen molar-refractivity contribution in [1.82, 2.24) is 5.32 Å². The Morgan fingerprint density at radius 2 is 2.24 bits per heavy atom. The second kappa shape index (κ2) is 6.80. The van der Waals surface area contributed by atoms with Crippen LogP contribution >= 0.6 is 0 Å². The van der Waals surface area contributed by atoms with E-state index in [4.69, 9.17) is 4.74 Å². The van der Waals surface area contributed by atoms with E-state index in [1.165, 1.54) is 0 Å². The summed E-state index contributed by atoms with van der Waals surface area (Å²) in [7, 11) is -1.36. The molecule has 0 aliphatic carbocycles. The zero-order valence-corrected chi connectivity index (χ0v) is 12.8. The number of carbonyl (C=O) groups is 1. The molecule has 1 fully saturated rings. The fraction of sp³-hybridized carbons (Fsp3) is 0.500. The lowest BCUT2D eigenvalue weighted by atomic mass is 10.2. The molecular formula is C14H20N2O4S. The molecule has 1 unspecified atom stereocenters. The van der Waals surface area contributed by atoms with Gasteiger partial charge in [0.1, 0.15) is 5.75 Å². The first-order valence-corrected chi connectivity index (χ1v) is 8.68. The van der Waals surface area contributed by atoms with Gasteiger partial charge in [0.05, 0.1) is 18.6 Å². The van der Waals surface area contributed by atoms with Crippen molar-refractivity contribution in [3.63, 3.8) is 0 Å². The van der Waals surface area contributed by atoms with Crippen molar-refractivity contribution in [3.05, 3.63) is 24.3 Å². The molecular weight excluding hydrogens is 292 g/mol. The summed E-state index contributed by atoms with van der Waals surface area (Å²) < 4.78 is 27.7. The number of benzene rings is 1. The van der Waals surface area contributed by atoms with E-state index in [-0.39, 0.29) is 23.5 Å². The van der Waals surface area contributed by atoms with Gasteiger partial charge in [0.2, 0.25) is 5.91 Å². The number of hydrogen-bond acceptors (Lipinski definition) is 5. The van der Waals surface area contributed by atoms with Crippen LogP contribution in [0.25, 0.3) is 0 Å². The van der Waals surface area contributed by atoms with Gasteiger partial charge in [-0.05, 0) is 18.6 Å². The van der Waals surface area contributed by atoms with Gasteiger partial charge in [0.25, 0.3) is 0 Å². The fourth-order valence-electron chi connectivity index (χ4n) is 2.26. The molecule has 1 aliphatic rings. The first-order valence-electron chi connectivity index (χ1n) is 6.86. The van der Waals surface area contributed by atoms with E-state index >= 15 is 0 Å². The third-order valence-electron chi connectivity index (χ3n) is 3.35. The number of amides is 1. The number of sulfone groups is 1. The molecule has 6 nitrogen and oxygen atoms in total. The number of hydrogen-bond donors (Lipinski definition) is 2. The standard InChI is InChI=1S/C14H20N2O4S/c1-20-13-4-2-3-11(9-13)15-7-5-14(17)16-12-6-8-21(18,19)10-12/h2-4,9,12,15H,5-8,10H2,1H3,(H,16,17). The summed E-state index contributed by atoms with van der Waals surface area (Å²) in [6, 6.07) is 7.22. The van der Waals surface area contributed by atoms with Crippen LogP contribution in [0.15, 0.2) is 24.3 Å². The highest BCUT2D eigenvalue weighted by molar-refractivity contribution is 7.91. The van der Waals surface area contributed by atoms with E-state index in [1.54, 1.807) is 7.11 Å². The minimum Gasteiger partial charge on any atom is -0.497 e. The molecule has 1 amide bonds. The smallest absolute Gasteiger partial charge is 0.222 e. The predicted octanol–water partition coefficient (Wildman–Crippen LogP) is 0.800. The number of anilines is 1. The Morgan fingerprint density at radius 1 is 1.43 bits per heavy atom. The van der Waals surface area contributed by atoms with Crippen molar-refractivity contribution in [2.75, 3.05) is 30.5 Å². The molecule has 7 heteroatoms. The predicted molar refractivity (Wildman–Crippen MR) is 81.3 cm³/mol. The summed E-state index contributed by atoms with van der Waals surface area (Å²) in [5.41, 5.74) is 0.880. The molecule has 1 aliphatic heterocycles. The summed E-state index contributed by atoms with van der Waals surface area (Å²) >= 11 is 0. The van der Waals surface area contributed by atoms with Gasteiger partial charge in [-0.25, -0.2) is 8.42 Å². The van der Waals surface area contributed by atoms with E-state index in [9.17, 15) is 13.2 Å². The van der Waals surface area contributed by atoms with Crippen molar-refractivity contribution < 1.29 is 17.9 Å². The van der Waals surface area contributed by atoms with Gasteiger partial charge in [0, 0.05) is 30.8 Å². The van der Waals surface area contributed by atoms with Crippen molar-refractivity contribution in [2.24, 2.45) is 0 Å². The Bertz CT molecular complexity index is 601. The highest BCUT2D eigenvalue weighted by Gasteiger charge is 2.28. The summed E-state index contributed by atoms with van der Waals surface area (Å²) in [6.45, 7) is 0.485. The molecule has 0 saturated carbocycles. The molecule has 2 rings (SSSR count). The van der Waals surface area contributed by atoms with Gasteiger partial charge in [-0.15, -0.1) is 0 Å². The topological polar surface area (TPSA) is 84.5 Å². The minimum atomic E-state index is -2.96. The van der Waals surface area contributed by atoms with Crippen LogP contribution in [0.1, 0.15) is 12.8 Å². The van der Waals surface area contributed by atoms with E-state index in [2.05, 4.69) is 10.6 Å². The lowest BCUT2D eigenvalue weighted by molar-refractivity contribution is -0.121. The van der Waals surface area contributed by atoms with Crippen molar-refractivity contribution >= 4 is 21.4 Å². The Hall–Kier alpha value is -1.76. The van der Waals surface area contributed by atoms with Crippen molar-refractivity contribution in [2.45, 2.75) is 18.9 Å². The van der Waals surface area contributed by atoms with Crippen LogP contribution < -0.4 is 15.4 Å². The fourth-order valence-corrected chi connectivity index (χ4v) is 3.94.